The van der Waals surface area contributed by atoms with Crippen molar-refractivity contribution in [3.05, 3.63) is 72.4 Å². The third kappa shape index (κ3) is 4.15. The summed E-state index contributed by atoms with van der Waals surface area (Å²) in [5.74, 6) is 0.721. The number of furan rings is 1. The number of benzene rings is 1. The van der Waals surface area contributed by atoms with E-state index in [2.05, 4.69) is 10.3 Å². The maximum atomic E-state index is 12.8. The molecule has 3 rings (SSSR count). The third-order valence-electron chi connectivity index (χ3n) is 4.06. The van der Waals surface area contributed by atoms with Gasteiger partial charge in [-0.1, -0.05) is 0 Å². The van der Waals surface area contributed by atoms with Gasteiger partial charge in [-0.25, -0.2) is 8.42 Å². The molecule has 0 saturated heterocycles. The highest BCUT2D eigenvalue weighted by atomic mass is 32.2. The van der Waals surface area contributed by atoms with Crippen LogP contribution in [-0.4, -0.2) is 33.5 Å². The van der Waals surface area contributed by atoms with E-state index in [1.807, 2.05) is 0 Å². The van der Waals surface area contributed by atoms with Gasteiger partial charge in [0.2, 0.25) is 0 Å². The van der Waals surface area contributed by atoms with Crippen molar-refractivity contribution < 1.29 is 22.4 Å². The minimum absolute atomic E-state index is 0.0980. The summed E-state index contributed by atoms with van der Waals surface area (Å²) in [5, 5.41) is 2.67. The van der Waals surface area contributed by atoms with E-state index in [1.165, 1.54) is 50.9 Å². The quantitative estimate of drug-likeness (QED) is 0.652. The molecule has 0 aliphatic heterocycles. The molecule has 0 aliphatic rings. The zero-order valence-electron chi connectivity index (χ0n) is 15.3. The van der Waals surface area contributed by atoms with Crippen LogP contribution >= 0.6 is 0 Å². The van der Waals surface area contributed by atoms with Crippen LogP contribution in [0.5, 0.6) is 5.75 Å². The molecule has 146 valence electrons. The molecule has 0 aliphatic carbocycles. The van der Waals surface area contributed by atoms with E-state index >= 15 is 0 Å². The SMILES string of the molecule is COc1ccc(S(=O)(=O)N(C)c2ccnc(C(=O)NCc3ccco3)c2)cc1. The molecular formula is C19H19N3O5S. The molecule has 1 aromatic carbocycles. The summed E-state index contributed by atoms with van der Waals surface area (Å²) in [6.07, 6.45) is 2.90. The number of nitrogens with one attached hydrogen (secondary N) is 1. The number of sulfonamides is 1. The molecule has 3 aromatic rings. The second-order valence-corrected chi connectivity index (χ2v) is 7.78. The second kappa shape index (κ2) is 8.13. The van der Waals surface area contributed by atoms with E-state index in [0.29, 0.717) is 17.2 Å². The van der Waals surface area contributed by atoms with Crippen LogP contribution in [0.25, 0.3) is 0 Å². The lowest BCUT2D eigenvalue weighted by molar-refractivity contribution is 0.0943. The molecule has 0 saturated carbocycles. The summed E-state index contributed by atoms with van der Waals surface area (Å²) in [7, 11) is -0.883. The number of rotatable bonds is 7. The average Bonchev–Trinajstić information content (AvgIpc) is 3.25. The van der Waals surface area contributed by atoms with Crippen molar-refractivity contribution in [1.82, 2.24) is 10.3 Å². The molecule has 0 fully saturated rings. The first-order valence-corrected chi connectivity index (χ1v) is 9.75. The van der Waals surface area contributed by atoms with Crippen LogP contribution < -0.4 is 14.4 Å². The Morgan fingerprint density at radius 3 is 2.61 bits per heavy atom. The van der Waals surface area contributed by atoms with Crippen molar-refractivity contribution in [2.24, 2.45) is 0 Å². The molecule has 0 atom stereocenters. The molecule has 9 heteroatoms. The van der Waals surface area contributed by atoms with E-state index < -0.39 is 15.9 Å². The summed E-state index contributed by atoms with van der Waals surface area (Å²) < 4.78 is 37.0. The van der Waals surface area contributed by atoms with Crippen LogP contribution in [0.2, 0.25) is 0 Å². The van der Waals surface area contributed by atoms with Gasteiger partial charge in [-0.15, -0.1) is 0 Å². The van der Waals surface area contributed by atoms with Gasteiger partial charge >= 0.3 is 0 Å². The Hall–Kier alpha value is -3.33. The zero-order chi connectivity index (χ0) is 20.1. The molecule has 2 heterocycles. The lowest BCUT2D eigenvalue weighted by atomic mass is 10.3. The van der Waals surface area contributed by atoms with Gasteiger partial charge < -0.3 is 14.5 Å². The Morgan fingerprint density at radius 2 is 1.96 bits per heavy atom. The Kier molecular flexibility index (Phi) is 5.65. The van der Waals surface area contributed by atoms with Gasteiger partial charge in [-0.05, 0) is 48.5 Å². The van der Waals surface area contributed by atoms with Crippen molar-refractivity contribution in [3.8, 4) is 5.75 Å². The number of carbonyl (C=O) groups excluding carboxylic acids is 1. The van der Waals surface area contributed by atoms with Crippen LogP contribution in [-0.2, 0) is 16.6 Å². The first kappa shape index (κ1) is 19.4. The van der Waals surface area contributed by atoms with Crippen molar-refractivity contribution in [1.29, 1.82) is 0 Å². The lowest BCUT2D eigenvalue weighted by Gasteiger charge is -2.20. The highest BCUT2D eigenvalue weighted by Crippen LogP contribution is 2.23. The van der Waals surface area contributed by atoms with E-state index in [-0.39, 0.29) is 17.1 Å². The Morgan fingerprint density at radius 1 is 1.21 bits per heavy atom. The molecule has 0 radical (unpaired) electrons. The molecule has 0 bridgehead atoms. The van der Waals surface area contributed by atoms with Crippen molar-refractivity contribution in [2.45, 2.75) is 11.4 Å². The van der Waals surface area contributed by atoms with Crippen LogP contribution in [0, 0.1) is 0 Å². The molecule has 2 aromatic heterocycles. The highest BCUT2D eigenvalue weighted by Gasteiger charge is 2.22. The van der Waals surface area contributed by atoms with E-state index in [4.69, 9.17) is 9.15 Å². The molecule has 0 unspecified atom stereocenters. The molecule has 0 spiro atoms. The Bertz CT molecular complexity index is 1050. The van der Waals surface area contributed by atoms with E-state index in [1.54, 1.807) is 24.3 Å². The van der Waals surface area contributed by atoms with Crippen LogP contribution in [0.3, 0.4) is 0 Å². The number of pyridine rings is 1. The van der Waals surface area contributed by atoms with E-state index in [9.17, 15) is 13.2 Å². The lowest BCUT2D eigenvalue weighted by Crippen LogP contribution is -2.28. The standard InChI is InChI=1S/C19H19N3O5S/c1-22(28(24,25)17-7-5-15(26-2)6-8-17)14-9-10-20-18(12-14)19(23)21-13-16-4-3-11-27-16/h3-12H,13H2,1-2H3,(H,21,23). The van der Waals surface area contributed by atoms with Gasteiger partial charge in [0.1, 0.15) is 17.2 Å². The number of ether oxygens (including phenoxy) is 1. The Balaban J connectivity index is 1.78. The van der Waals surface area contributed by atoms with Gasteiger partial charge in [0.25, 0.3) is 15.9 Å². The number of aromatic nitrogens is 1. The predicted molar refractivity (Wildman–Crippen MR) is 103 cm³/mol. The number of hydrogen-bond donors (Lipinski definition) is 1. The van der Waals surface area contributed by atoms with Gasteiger partial charge in [0, 0.05) is 13.2 Å². The number of amides is 1. The number of nitrogens with zero attached hydrogens (tertiary/aromatic N) is 2. The minimum atomic E-state index is -3.80. The second-order valence-electron chi connectivity index (χ2n) is 5.81. The summed E-state index contributed by atoms with van der Waals surface area (Å²) in [6.45, 7) is 0.206. The predicted octanol–water partition coefficient (Wildman–Crippen LogP) is 2.44. The molecular weight excluding hydrogens is 382 g/mol. The number of hydrogen-bond acceptors (Lipinski definition) is 6. The highest BCUT2D eigenvalue weighted by molar-refractivity contribution is 7.92. The third-order valence-corrected chi connectivity index (χ3v) is 5.86. The average molecular weight is 401 g/mol. The minimum Gasteiger partial charge on any atom is -0.497 e. The molecule has 8 nitrogen and oxygen atoms in total. The van der Waals surface area contributed by atoms with Crippen LogP contribution in [0.15, 0.2) is 70.3 Å². The fraction of sp³-hybridized carbons (Fsp3) is 0.158. The van der Waals surface area contributed by atoms with Gasteiger partial charge in [0.15, 0.2) is 0 Å². The summed E-state index contributed by atoms with van der Waals surface area (Å²) in [5.41, 5.74) is 0.412. The first-order chi connectivity index (χ1) is 13.4. The Labute approximate surface area is 162 Å². The largest absolute Gasteiger partial charge is 0.497 e. The summed E-state index contributed by atoms with van der Waals surface area (Å²) >= 11 is 0. The fourth-order valence-corrected chi connectivity index (χ4v) is 3.64. The fourth-order valence-electron chi connectivity index (χ4n) is 2.46. The maximum Gasteiger partial charge on any atom is 0.270 e. The normalized spacial score (nSPS) is 11.1. The number of methoxy groups -OCH3 is 1. The van der Waals surface area contributed by atoms with Gasteiger partial charge in [-0.3, -0.25) is 14.1 Å². The number of anilines is 1. The van der Waals surface area contributed by atoms with Crippen LogP contribution in [0.1, 0.15) is 16.2 Å². The zero-order valence-corrected chi connectivity index (χ0v) is 16.1. The van der Waals surface area contributed by atoms with Gasteiger partial charge in [-0.2, -0.15) is 0 Å². The van der Waals surface area contributed by atoms with E-state index in [0.717, 1.165) is 4.31 Å². The first-order valence-electron chi connectivity index (χ1n) is 8.31. The van der Waals surface area contributed by atoms with Crippen molar-refractivity contribution >= 4 is 21.6 Å². The molecule has 1 N–H and O–H groups in total. The smallest absolute Gasteiger partial charge is 0.270 e. The summed E-state index contributed by atoms with van der Waals surface area (Å²) in [4.78, 5) is 16.4. The topological polar surface area (TPSA) is 102 Å². The monoisotopic (exact) mass is 401 g/mol. The number of carbonyl (C=O) groups is 1. The van der Waals surface area contributed by atoms with Gasteiger partial charge in [0.05, 0.1) is 30.5 Å². The molecule has 1 amide bonds. The van der Waals surface area contributed by atoms with Crippen LogP contribution in [0.4, 0.5) is 5.69 Å². The van der Waals surface area contributed by atoms with Crippen molar-refractivity contribution in [3.63, 3.8) is 0 Å². The molecule has 28 heavy (non-hydrogen) atoms. The maximum absolute atomic E-state index is 12.8. The van der Waals surface area contributed by atoms with Crippen molar-refractivity contribution in [2.75, 3.05) is 18.5 Å². The summed E-state index contributed by atoms with van der Waals surface area (Å²) in [6, 6.07) is 12.5.